The second-order valence-corrected chi connectivity index (χ2v) is 6.96. The molecule has 1 aromatic carbocycles. The van der Waals surface area contributed by atoms with Crippen LogP contribution in [0.4, 0.5) is 5.69 Å². The quantitative estimate of drug-likeness (QED) is 0.589. The van der Waals surface area contributed by atoms with Crippen LogP contribution in [0.15, 0.2) is 12.1 Å². The number of anilines is 1. The molecule has 1 fully saturated rings. The van der Waals surface area contributed by atoms with Crippen molar-refractivity contribution in [1.29, 1.82) is 0 Å². The van der Waals surface area contributed by atoms with E-state index in [1.165, 1.54) is 0 Å². The maximum atomic E-state index is 13.0. The molecule has 1 aliphatic heterocycles. The van der Waals surface area contributed by atoms with E-state index in [-0.39, 0.29) is 5.91 Å². The van der Waals surface area contributed by atoms with Crippen molar-refractivity contribution in [2.75, 3.05) is 46.2 Å². The van der Waals surface area contributed by atoms with Crippen LogP contribution in [0.2, 0.25) is 0 Å². The summed E-state index contributed by atoms with van der Waals surface area (Å²) in [7, 11) is 4.87. The highest BCUT2D eigenvalue weighted by Gasteiger charge is 2.26. The van der Waals surface area contributed by atoms with Gasteiger partial charge in [0.05, 0.1) is 25.5 Å². The highest BCUT2D eigenvalue weighted by Crippen LogP contribution is 2.34. The summed E-state index contributed by atoms with van der Waals surface area (Å²) in [4.78, 5) is 14.8. The number of hydrogen-bond donors (Lipinski definition) is 3. The Morgan fingerprint density at radius 1 is 1.27 bits per heavy atom. The minimum atomic E-state index is -1.96. The molecule has 1 saturated heterocycles. The summed E-state index contributed by atoms with van der Waals surface area (Å²) in [6.45, 7) is 1.84. The number of benzene rings is 1. The van der Waals surface area contributed by atoms with Gasteiger partial charge in [-0.2, -0.15) is 0 Å². The van der Waals surface area contributed by atoms with Crippen molar-refractivity contribution < 1.29 is 23.0 Å². The number of likely N-dealkylation sites (tertiary alicyclic amines) is 1. The van der Waals surface area contributed by atoms with Gasteiger partial charge in [0.25, 0.3) is 5.91 Å². The summed E-state index contributed by atoms with van der Waals surface area (Å²) in [6, 6.07) is 3.47. The number of nitrogens with one attached hydrogen (secondary N) is 2. The Bertz CT molecular complexity index is 648. The van der Waals surface area contributed by atoms with Gasteiger partial charge in [0.2, 0.25) is 11.3 Å². The van der Waals surface area contributed by atoms with E-state index in [1.807, 2.05) is 4.90 Å². The van der Waals surface area contributed by atoms with E-state index in [1.54, 1.807) is 33.4 Å². The minimum absolute atomic E-state index is 0.0386. The Balaban J connectivity index is 2.02. The number of rotatable bonds is 8. The van der Waals surface area contributed by atoms with Crippen molar-refractivity contribution in [3.8, 4) is 11.5 Å². The summed E-state index contributed by atoms with van der Waals surface area (Å²) in [5, 5.41) is 3.05. The van der Waals surface area contributed by atoms with E-state index in [4.69, 9.17) is 14.0 Å². The molecule has 0 spiro atoms. The van der Waals surface area contributed by atoms with Gasteiger partial charge < -0.3 is 19.7 Å². The van der Waals surface area contributed by atoms with Gasteiger partial charge in [-0.25, -0.2) is 8.93 Å². The molecule has 1 heterocycles. The SMILES string of the molecule is CNc1cc(OC)c(OC)cc1C(=O)N1CCC(CCNS(=O)O)CC1. The van der Waals surface area contributed by atoms with Crippen molar-refractivity contribution in [2.45, 2.75) is 19.3 Å². The van der Waals surface area contributed by atoms with Crippen LogP contribution >= 0.6 is 0 Å². The first-order chi connectivity index (χ1) is 12.5. The van der Waals surface area contributed by atoms with Gasteiger partial charge in [-0.3, -0.25) is 9.35 Å². The molecule has 1 amide bonds. The largest absolute Gasteiger partial charge is 0.493 e. The number of piperidine rings is 1. The predicted octanol–water partition coefficient (Wildman–Crippen LogP) is 1.71. The number of hydrogen-bond acceptors (Lipinski definition) is 5. The summed E-state index contributed by atoms with van der Waals surface area (Å²) in [5.41, 5.74) is 1.25. The monoisotopic (exact) mass is 385 g/mol. The summed E-state index contributed by atoms with van der Waals surface area (Å²) in [5.74, 6) is 1.50. The molecule has 1 atom stereocenters. The van der Waals surface area contributed by atoms with Crippen molar-refractivity contribution >= 4 is 22.9 Å². The van der Waals surface area contributed by atoms with E-state index < -0.39 is 11.3 Å². The third kappa shape index (κ3) is 5.09. The first-order valence-corrected chi connectivity index (χ1v) is 9.68. The first-order valence-electron chi connectivity index (χ1n) is 8.57. The molecule has 1 aliphatic rings. The third-order valence-corrected chi connectivity index (χ3v) is 5.15. The number of nitrogens with zero attached hydrogens (tertiary/aromatic N) is 1. The Morgan fingerprint density at radius 3 is 2.42 bits per heavy atom. The average Bonchev–Trinajstić information content (AvgIpc) is 2.66. The second-order valence-electron chi connectivity index (χ2n) is 6.17. The van der Waals surface area contributed by atoms with Crippen LogP contribution in [-0.4, -0.2) is 60.5 Å². The molecule has 0 bridgehead atoms. The fourth-order valence-corrected chi connectivity index (χ4v) is 3.50. The third-order valence-electron chi connectivity index (χ3n) is 4.70. The van der Waals surface area contributed by atoms with E-state index in [9.17, 15) is 9.00 Å². The molecule has 0 aromatic heterocycles. The highest BCUT2D eigenvalue weighted by molar-refractivity contribution is 7.77. The van der Waals surface area contributed by atoms with Crippen LogP contribution in [0, 0.1) is 5.92 Å². The number of ether oxygens (including phenoxy) is 2. The van der Waals surface area contributed by atoms with Gasteiger partial charge in [-0.05, 0) is 31.2 Å². The van der Waals surface area contributed by atoms with Crippen molar-refractivity contribution in [1.82, 2.24) is 9.62 Å². The Hall–Kier alpha value is -1.84. The lowest BCUT2D eigenvalue weighted by atomic mass is 9.93. The van der Waals surface area contributed by atoms with Crippen LogP contribution in [0.25, 0.3) is 0 Å². The number of amides is 1. The lowest BCUT2D eigenvalue weighted by molar-refractivity contribution is 0.0688. The van der Waals surface area contributed by atoms with Gasteiger partial charge in [0.1, 0.15) is 0 Å². The zero-order valence-electron chi connectivity index (χ0n) is 15.4. The molecule has 3 N–H and O–H groups in total. The Kier molecular flexibility index (Phi) is 7.67. The van der Waals surface area contributed by atoms with Gasteiger partial charge in [0, 0.05) is 32.7 Å². The molecule has 1 aromatic rings. The van der Waals surface area contributed by atoms with Gasteiger partial charge in [0.15, 0.2) is 11.5 Å². The molecule has 0 aliphatic carbocycles. The zero-order valence-corrected chi connectivity index (χ0v) is 16.2. The van der Waals surface area contributed by atoms with Crippen LogP contribution in [0.5, 0.6) is 11.5 Å². The van der Waals surface area contributed by atoms with E-state index in [0.29, 0.717) is 48.3 Å². The maximum Gasteiger partial charge on any atom is 0.256 e. The molecule has 8 nitrogen and oxygen atoms in total. The molecule has 2 rings (SSSR count). The molecule has 0 saturated carbocycles. The molecular weight excluding hydrogens is 358 g/mol. The van der Waals surface area contributed by atoms with E-state index in [0.717, 1.165) is 19.3 Å². The Morgan fingerprint density at radius 2 is 1.88 bits per heavy atom. The molecule has 1 unspecified atom stereocenters. The number of carbonyl (C=O) groups is 1. The summed E-state index contributed by atoms with van der Waals surface area (Å²) >= 11 is -1.96. The van der Waals surface area contributed by atoms with Crippen LogP contribution in [0.3, 0.4) is 0 Å². The molecule has 9 heteroatoms. The van der Waals surface area contributed by atoms with Crippen molar-refractivity contribution in [3.63, 3.8) is 0 Å². The second kappa shape index (κ2) is 9.75. The van der Waals surface area contributed by atoms with Gasteiger partial charge >= 0.3 is 0 Å². The van der Waals surface area contributed by atoms with Gasteiger partial charge in [-0.15, -0.1) is 0 Å². The minimum Gasteiger partial charge on any atom is -0.493 e. The lowest BCUT2D eigenvalue weighted by Crippen LogP contribution is -2.39. The lowest BCUT2D eigenvalue weighted by Gasteiger charge is -2.32. The highest BCUT2D eigenvalue weighted by atomic mass is 32.2. The van der Waals surface area contributed by atoms with E-state index >= 15 is 0 Å². The van der Waals surface area contributed by atoms with Crippen molar-refractivity contribution in [3.05, 3.63) is 17.7 Å². The van der Waals surface area contributed by atoms with Crippen LogP contribution in [0.1, 0.15) is 29.6 Å². The van der Waals surface area contributed by atoms with Crippen molar-refractivity contribution in [2.24, 2.45) is 5.92 Å². The molecule has 0 radical (unpaired) electrons. The predicted molar refractivity (Wildman–Crippen MR) is 101 cm³/mol. The summed E-state index contributed by atoms with van der Waals surface area (Å²) < 4.78 is 32.5. The van der Waals surface area contributed by atoms with E-state index in [2.05, 4.69) is 10.0 Å². The first kappa shape index (κ1) is 20.5. The zero-order chi connectivity index (χ0) is 19.1. The summed E-state index contributed by atoms with van der Waals surface area (Å²) in [6.07, 6.45) is 2.59. The fourth-order valence-electron chi connectivity index (χ4n) is 3.21. The normalized spacial score (nSPS) is 16.2. The average molecular weight is 385 g/mol. The Labute approximate surface area is 156 Å². The smallest absolute Gasteiger partial charge is 0.256 e. The fraction of sp³-hybridized carbons (Fsp3) is 0.588. The standard InChI is InChI=1S/C17H27N3O5S/c1-18-14-11-16(25-3)15(24-2)10-13(14)17(21)20-8-5-12(6-9-20)4-7-19-26(22)23/h10-12,18-19H,4-9H2,1-3H3,(H,22,23). The number of methoxy groups -OCH3 is 2. The van der Waals surface area contributed by atoms with Crippen LogP contribution < -0.4 is 19.5 Å². The molecule has 146 valence electrons. The van der Waals surface area contributed by atoms with Gasteiger partial charge in [-0.1, -0.05) is 0 Å². The molecule has 26 heavy (non-hydrogen) atoms. The molecular formula is C17H27N3O5S. The van der Waals surface area contributed by atoms with Crippen LogP contribution in [-0.2, 0) is 11.3 Å². The number of carbonyl (C=O) groups excluding carboxylic acids is 1. The topological polar surface area (TPSA) is 100 Å². The maximum absolute atomic E-state index is 13.0.